The van der Waals surface area contributed by atoms with Crippen LogP contribution in [-0.4, -0.2) is 12.8 Å². The summed E-state index contributed by atoms with van der Waals surface area (Å²) in [6.07, 6.45) is -3.11. The molecule has 0 heterocycles. The van der Waals surface area contributed by atoms with Gasteiger partial charge in [0.25, 0.3) is 0 Å². The molecule has 0 unspecified atom stereocenters. The minimum atomic E-state index is -4.25. The van der Waals surface area contributed by atoms with Gasteiger partial charge in [-0.3, -0.25) is 0 Å². The van der Waals surface area contributed by atoms with E-state index >= 15 is 0 Å². The number of allylic oxidation sites excluding steroid dienone is 1. The van der Waals surface area contributed by atoms with Crippen molar-refractivity contribution in [1.82, 2.24) is 0 Å². The van der Waals surface area contributed by atoms with Crippen molar-refractivity contribution in [2.24, 2.45) is 0 Å². The zero-order chi connectivity index (χ0) is 11.1. The fourth-order valence-corrected chi connectivity index (χ4v) is 1.00. The molecule has 0 aromatic heterocycles. The summed E-state index contributed by atoms with van der Waals surface area (Å²) in [6, 6.07) is 9.28. The molecular weight excluding hydrogens is 205 g/mol. The van der Waals surface area contributed by atoms with E-state index < -0.39 is 6.18 Å². The molecule has 0 aliphatic carbocycles. The maximum absolute atomic E-state index is 11.7. The average molecular weight is 216 g/mol. The molecule has 0 atom stereocenters. The fraction of sp³-hybridized carbons (Fsp3) is 0.273. The normalized spacial score (nSPS) is 12.2. The van der Waals surface area contributed by atoms with Gasteiger partial charge in [0.05, 0.1) is 13.2 Å². The highest BCUT2D eigenvalue weighted by molar-refractivity contribution is 5.13. The minimum absolute atomic E-state index is 0.0333. The molecule has 1 aromatic carbocycles. The summed E-state index contributed by atoms with van der Waals surface area (Å²) >= 11 is 0. The molecule has 0 spiro atoms. The van der Waals surface area contributed by atoms with Gasteiger partial charge in [-0.05, 0) is 5.56 Å². The molecule has 0 bridgehead atoms. The van der Waals surface area contributed by atoms with Gasteiger partial charge in [-0.25, -0.2) is 0 Å². The van der Waals surface area contributed by atoms with Gasteiger partial charge in [-0.2, -0.15) is 13.2 Å². The van der Waals surface area contributed by atoms with Crippen molar-refractivity contribution in [1.29, 1.82) is 0 Å². The number of benzene rings is 1. The predicted octanol–water partition coefficient (Wildman–Crippen LogP) is 3.32. The lowest BCUT2D eigenvalue weighted by molar-refractivity contribution is -0.0803. The molecule has 1 nitrogen and oxygen atoms in total. The molecule has 82 valence electrons. The smallest absolute Gasteiger partial charge is 0.373 e. The molecule has 0 aliphatic heterocycles. The largest absolute Gasteiger partial charge is 0.409 e. The van der Waals surface area contributed by atoms with Crippen molar-refractivity contribution in [2.75, 3.05) is 6.61 Å². The number of hydrogen-bond acceptors (Lipinski definition) is 1. The molecular formula is C11H11F3O. The third kappa shape index (κ3) is 5.91. The van der Waals surface area contributed by atoms with Gasteiger partial charge in [-0.15, -0.1) is 0 Å². The number of rotatable bonds is 4. The van der Waals surface area contributed by atoms with Gasteiger partial charge in [0.2, 0.25) is 0 Å². The lowest BCUT2D eigenvalue weighted by atomic mass is 10.2. The lowest BCUT2D eigenvalue weighted by Gasteiger charge is -2.01. The summed E-state index contributed by atoms with van der Waals surface area (Å²) in [5.74, 6) is 0. The Hall–Kier alpha value is -1.29. The van der Waals surface area contributed by atoms with E-state index in [1.54, 1.807) is 0 Å². The van der Waals surface area contributed by atoms with Gasteiger partial charge >= 0.3 is 6.18 Å². The predicted molar refractivity (Wildman–Crippen MR) is 51.3 cm³/mol. The van der Waals surface area contributed by atoms with Crippen LogP contribution in [0, 0.1) is 0 Å². The monoisotopic (exact) mass is 216 g/mol. The van der Waals surface area contributed by atoms with Crippen molar-refractivity contribution in [3.63, 3.8) is 0 Å². The van der Waals surface area contributed by atoms with E-state index in [4.69, 9.17) is 4.74 Å². The summed E-state index contributed by atoms with van der Waals surface area (Å²) in [5.41, 5.74) is 0.943. The first-order valence-corrected chi connectivity index (χ1v) is 4.44. The average Bonchev–Trinajstić information content (AvgIpc) is 2.17. The summed E-state index contributed by atoms with van der Waals surface area (Å²) in [6.45, 7) is 0.289. The zero-order valence-electron chi connectivity index (χ0n) is 8.00. The molecule has 0 saturated carbocycles. The van der Waals surface area contributed by atoms with Crippen molar-refractivity contribution < 1.29 is 17.9 Å². The molecule has 4 heteroatoms. The Kier molecular flexibility index (Phi) is 4.37. The topological polar surface area (TPSA) is 9.23 Å². The molecule has 15 heavy (non-hydrogen) atoms. The van der Waals surface area contributed by atoms with Crippen LogP contribution in [0.15, 0.2) is 42.5 Å². The minimum Gasteiger partial charge on any atom is -0.373 e. The number of alkyl halides is 3. The van der Waals surface area contributed by atoms with Gasteiger partial charge in [0.15, 0.2) is 0 Å². The third-order valence-electron chi connectivity index (χ3n) is 1.63. The first-order chi connectivity index (χ1) is 7.08. The first kappa shape index (κ1) is 11.8. The van der Waals surface area contributed by atoms with Crippen molar-refractivity contribution >= 4 is 0 Å². The quantitative estimate of drug-likeness (QED) is 0.554. The van der Waals surface area contributed by atoms with Gasteiger partial charge in [0.1, 0.15) is 0 Å². The second-order valence-electron chi connectivity index (χ2n) is 2.94. The first-order valence-electron chi connectivity index (χ1n) is 4.44. The molecule has 0 saturated heterocycles. The lowest BCUT2D eigenvalue weighted by Crippen LogP contribution is -2.02. The third-order valence-corrected chi connectivity index (χ3v) is 1.63. The Labute approximate surface area is 86.2 Å². The second-order valence-corrected chi connectivity index (χ2v) is 2.94. The van der Waals surface area contributed by atoms with Crippen LogP contribution >= 0.6 is 0 Å². The van der Waals surface area contributed by atoms with Crippen LogP contribution in [0.25, 0.3) is 0 Å². The van der Waals surface area contributed by atoms with E-state index in [-0.39, 0.29) is 12.7 Å². The van der Waals surface area contributed by atoms with Gasteiger partial charge < -0.3 is 4.74 Å². The Balaban J connectivity index is 2.21. The van der Waals surface area contributed by atoms with Gasteiger partial charge in [0, 0.05) is 6.08 Å². The van der Waals surface area contributed by atoms with Crippen LogP contribution in [0.4, 0.5) is 13.2 Å². The van der Waals surface area contributed by atoms with Crippen LogP contribution in [-0.2, 0) is 11.3 Å². The van der Waals surface area contributed by atoms with E-state index in [1.165, 1.54) is 0 Å². The van der Waals surface area contributed by atoms with Gasteiger partial charge in [-0.1, -0.05) is 36.4 Å². The van der Waals surface area contributed by atoms with Crippen molar-refractivity contribution in [3.8, 4) is 0 Å². The summed E-state index contributed by atoms with van der Waals surface area (Å²) in [4.78, 5) is 0. The Morgan fingerprint density at radius 2 is 1.80 bits per heavy atom. The van der Waals surface area contributed by atoms with Crippen LogP contribution in [0.1, 0.15) is 5.56 Å². The van der Waals surface area contributed by atoms with E-state index in [1.807, 2.05) is 30.3 Å². The highest BCUT2D eigenvalue weighted by Crippen LogP contribution is 2.15. The van der Waals surface area contributed by atoms with Crippen LogP contribution in [0.2, 0.25) is 0 Å². The molecule has 0 radical (unpaired) electrons. The number of ether oxygens (including phenoxy) is 1. The maximum atomic E-state index is 11.7. The standard InChI is InChI=1S/C11H11F3O/c12-11(13,14)7-4-8-15-9-10-5-2-1-3-6-10/h1-7H,8-9H2/b7-4+. The van der Waals surface area contributed by atoms with Crippen LogP contribution in [0.3, 0.4) is 0 Å². The van der Waals surface area contributed by atoms with E-state index in [0.717, 1.165) is 11.6 Å². The fourth-order valence-electron chi connectivity index (χ4n) is 1.00. The highest BCUT2D eigenvalue weighted by Gasteiger charge is 2.21. The number of hydrogen-bond donors (Lipinski definition) is 0. The zero-order valence-corrected chi connectivity index (χ0v) is 8.00. The van der Waals surface area contributed by atoms with E-state index in [2.05, 4.69) is 0 Å². The van der Waals surface area contributed by atoms with Crippen LogP contribution in [0.5, 0.6) is 0 Å². The summed E-state index contributed by atoms with van der Waals surface area (Å²) < 4.78 is 40.0. The highest BCUT2D eigenvalue weighted by atomic mass is 19.4. The molecule has 1 aromatic rings. The molecule has 1 rings (SSSR count). The van der Waals surface area contributed by atoms with Crippen molar-refractivity contribution in [2.45, 2.75) is 12.8 Å². The molecule has 0 amide bonds. The van der Waals surface area contributed by atoms with Crippen molar-refractivity contribution in [3.05, 3.63) is 48.0 Å². The maximum Gasteiger partial charge on any atom is 0.409 e. The number of halogens is 3. The van der Waals surface area contributed by atoms with E-state index in [9.17, 15) is 13.2 Å². The molecule has 0 aliphatic rings. The molecule has 0 fully saturated rings. The SMILES string of the molecule is FC(F)(F)/C=C/COCc1ccccc1. The molecule has 0 N–H and O–H groups in total. The summed E-state index contributed by atoms with van der Waals surface area (Å²) in [5, 5.41) is 0. The van der Waals surface area contributed by atoms with E-state index in [0.29, 0.717) is 6.61 Å². The van der Waals surface area contributed by atoms with Crippen LogP contribution < -0.4 is 0 Å². The second kappa shape index (κ2) is 5.56. The Bertz CT molecular complexity index is 303. The Morgan fingerprint density at radius 1 is 1.13 bits per heavy atom. The summed E-state index contributed by atoms with van der Waals surface area (Å²) in [7, 11) is 0. The Morgan fingerprint density at radius 3 is 2.40 bits per heavy atom.